The number of amides is 1. The van der Waals surface area contributed by atoms with E-state index in [0.29, 0.717) is 18.3 Å². The highest BCUT2D eigenvalue weighted by atomic mass is 16.5. The maximum absolute atomic E-state index is 12.5. The number of ether oxygens (including phenoxy) is 2. The van der Waals surface area contributed by atoms with Crippen LogP contribution in [0.25, 0.3) is 11.4 Å². The van der Waals surface area contributed by atoms with E-state index in [1.165, 1.54) is 0 Å². The summed E-state index contributed by atoms with van der Waals surface area (Å²) < 4.78 is 16.0. The molecule has 2 aromatic rings. The number of morpholine rings is 1. The largest absolute Gasteiger partial charge is 0.497 e. The van der Waals surface area contributed by atoms with E-state index in [1.807, 2.05) is 24.3 Å². The molecular formula is C23H33N5O4. The van der Waals surface area contributed by atoms with Crippen molar-refractivity contribution in [3.63, 3.8) is 0 Å². The first-order chi connectivity index (χ1) is 15.7. The summed E-state index contributed by atoms with van der Waals surface area (Å²) in [6.07, 6.45) is 2.70. The van der Waals surface area contributed by atoms with E-state index in [2.05, 4.69) is 25.3 Å². The van der Waals surface area contributed by atoms with Gasteiger partial charge >= 0.3 is 0 Å². The summed E-state index contributed by atoms with van der Waals surface area (Å²) in [5.74, 6) is 2.25. The summed E-state index contributed by atoms with van der Waals surface area (Å²) in [5.41, 5.74) is 0.893. The molecule has 2 aliphatic rings. The van der Waals surface area contributed by atoms with Gasteiger partial charge in [-0.3, -0.25) is 14.6 Å². The van der Waals surface area contributed by atoms with Crippen LogP contribution in [0.5, 0.6) is 5.75 Å². The van der Waals surface area contributed by atoms with E-state index in [-0.39, 0.29) is 11.8 Å². The zero-order valence-corrected chi connectivity index (χ0v) is 18.8. The summed E-state index contributed by atoms with van der Waals surface area (Å²) in [6.45, 7) is 7.70. The maximum atomic E-state index is 12.5. The third-order valence-corrected chi connectivity index (χ3v) is 6.19. The van der Waals surface area contributed by atoms with Crippen LogP contribution in [0.1, 0.15) is 25.2 Å². The predicted molar refractivity (Wildman–Crippen MR) is 119 cm³/mol. The van der Waals surface area contributed by atoms with E-state index in [4.69, 9.17) is 14.0 Å². The van der Waals surface area contributed by atoms with Gasteiger partial charge in [0.1, 0.15) is 5.75 Å². The molecule has 0 spiro atoms. The highest BCUT2D eigenvalue weighted by Gasteiger charge is 2.26. The average molecular weight is 444 g/mol. The molecule has 0 bridgehead atoms. The van der Waals surface area contributed by atoms with E-state index < -0.39 is 0 Å². The molecule has 0 saturated carbocycles. The molecular weight excluding hydrogens is 410 g/mol. The van der Waals surface area contributed by atoms with Gasteiger partial charge in [0.2, 0.25) is 17.6 Å². The van der Waals surface area contributed by atoms with Crippen LogP contribution < -0.4 is 10.1 Å². The van der Waals surface area contributed by atoms with Gasteiger partial charge in [-0.15, -0.1) is 0 Å². The Kier molecular flexibility index (Phi) is 8.08. The molecule has 2 saturated heterocycles. The zero-order valence-electron chi connectivity index (χ0n) is 18.8. The van der Waals surface area contributed by atoms with Gasteiger partial charge in [-0.05, 0) is 63.2 Å². The van der Waals surface area contributed by atoms with Crippen molar-refractivity contribution in [1.29, 1.82) is 0 Å². The number of benzene rings is 1. The molecule has 1 aromatic heterocycles. The van der Waals surface area contributed by atoms with E-state index in [1.54, 1.807) is 7.11 Å². The molecule has 174 valence electrons. The standard InChI is InChI=1S/C23H33N5O4/c1-30-20-5-3-18(4-6-20)22-25-21(32-26-22)17-28-11-7-19(8-12-28)23(29)24-9-2-10-27-13-15-31-16-14-27/h3-6,19H,2,7-17H2,1H3,(H,24,29). The smallest absolute Gasteiger partial charge is 0.241 e. The average Bonchev–Trinajstić information content (AvgIpc) is 3.31. The Morgan fingerprint density at radius 3 is 2.59 bits per heavy atom. The van der Waals surface area contributed by atoms with Crippen LogP contribution in [0, 0.1) is 5.92 Å². The Labute approximate surface area is 189 Å². The molecule has 1 aromatic carbocycles. The van der Waals surface area contributed by atoms with Gasteiger partial charge in [-0.2, -0.15) is 4.98 Å². The Morgan fingerprint density at radius 2 is 1.88 bits per heavy atom. The Bertz CT molecular complexity index is 842. The number of nitrogens with zero attached hydrogens (tertiary/aromatic N) is 4. The monoisotopic (exact) mass is 443 g/mol. The summed E-state index contributed by atoms with van der Waals surface area (Å²) >= 11 is 0. The van der Waals surface area contributed by atoms with Gasteiger partial charge in [0.05, 0.1) is 26.9 Å². The van der Waals surface area contributed by atoms with Gasteiger partial charge < -0.3 is 19.3 Å². The zero-order chi connectivity index (χ0) is 22.2. The van der Waals surface area contributed by atoms with Gasteiger partial charge in [-0.25, -0.2) is 0 Å². The van der Waals surface area contributed by atoms with E-state index in [9.17, 15) is 4.79 Å². The summed E-state index contributed by atoms with van der Waals surface area (Å²) in [4.78, 5) is 21.7. The molecule has 4 rings (SSSR count). The van der Waals surface area contributed by atoms with Crippen LogP contribution in [-0.2, 0) is 16.1 Å². The number of aromatic nitrogens is 2. The molecule has 9 nitrogen and oxygen atoms in total. The lowest BCUT2D eigenvalue weighted by Crippen LogP contribution is -2.41. The van der Waals surface area contributed by atoms with E-state index >= 15 is 0 Å². The Balaban J connectivity index is 1.15. The number of rotatable bonds is 9. The summed E-state index contributed by atoms with van der Waals surface area (Å²) in [7, 11) is 1.64. The highest BCUT2D eigenvalue weighted by molar-refractivity contribution is 5.78. The first kappa shape index (κ1) is 22.7. The molecule has 3 heterocycles. The number of piperidine rings is 1. The van der Waals surface area contributed by atoms with E-state index in [0.717, 1.165) is 83.1 Å². The number of methoxy groups -OCH3 is 1. The number of carbonyl (C=O) groups excluding carboxylic acids is 1. The number of carbonyl (C=O) groups is 1. The normalized spacial score (nSPS) is 18.5. The van der Waals surface area contributed by atoms with Crippen LogP contribution in [0.15, 0.2) is 28.8 Å². The van der Waals surface area contributed by atoms with Gasteiger partial charge in [0.15, 0.2) is 0 Å². The fraction of sp³-hybridized carbons (Fsp3) is 0.609. The van der Waals surface area contributed by atoms with Crippen molar-refractivity contribution < 1.29 is 18.8 Å². The van der Waals surface area contributed by atoms with Gasteiger partial charge in [0.25, 0.3) is 0 Å². The topological polar surface area (TPSA) is 93.0 Å². The van der Waals surface area contributed by atoms with Crippen molar-refractivity contribution in [1.82, 2.24) is 25.3 Å². The predicted octanol–water partition coefficient (Wildman–Crippen LogP) is 1.80. The molecule has 2 fully saturated rings. The molecule has 0 unspecified atom stereocenters. The van der Waals surface area contributed by atoms with Crippen molar-refractivity contribution in [2.75, 3.05) is 59.6 Å². The first-order valence-corrected chi connectivity index (χ1v) is 11.5. The first-order valence-electron chi connectivity index (χ1n) is 11.5. The molecule has 2 aliphatic heterocycles. The minimum Gasteiger partial charge on any atom is -0.497 e. The fourth-order valence-corrected chi connectivity index (χ4v) is 4.20. The van der Waals surface area contributed by atoms with Crippen LogP contribution in [0.3, 0.4) is 0 Å². The second kappa shape index (κ2) is 11.4. The molecule has 1 N–H and O–H groups in total. The SMILES string of the molecule is COc1ccc(-c2noc(CN3CCC(C(=O)NCCCN4CCOCC4)CC3)n2)cc1. The minimum absolute atomic E-state index is 0.0900. The number of hydrogen-bond donors (Lipinski definition) is 1. The van der Waals surface area contributed by atoms with Crippen molar-refractivity contribution in [2.45, 2.75) is 25.8 Å². The second-order valence-electron chi connectivity index (χ2n) is 8.39. The third-order valence-electron chi connectivity index (χ3n) is 6.19. The maximum Gasteiger partial charge on any atom is 0.241 e. The molecule has 32 heavy (non-hydrogen) atoms. The lowest BCUT2D eigenvalue weighted by molar-refractivity contribution is -0.126. The minimum atomic E-state index is 0.0900. The lowest BCUT2D eigenvalue weighted by Gasteiger charge is -2.30. The molecule has 0 atom stereocenters. The Hall–Kier alpha value is -2.49. The summed E-state index contributed by atoms with van der Waals surface area (Å²) in [6, 6.07) is 7.59. The quantitative estimate of drug-likeness (QED) is 0.587. The number of likely N-dealkylation sites (tertiary alicyclic amines) is 1. The van der Waals surface area contributed by atoms with Gasteiger partial charge in [-0.1, -0.05) is 5.16 Å². The van der Waals surface area contributed by atoms with Crippen LogP contribution >= 0.6 is 0 Å². The second-order valence-corrected chi connectivity index (χ2v) is 8.39. The molecule has 0 aliphatic carbocycles. The van der Waals surface area contributed by atoms with Crippen LogP contribution in [-0.4, -0.2) is 85.4 Å². The van der Waals surface area contributed by atoms with Crippen LogP contribution in [0.2, 0.25) is 0 Å². The molecule has 9 heteroatoms. The highest BCUT2D eigenvalue weighted by Crippen LogP contribution is 2.22. The Morgan fingerprint density at radius 1 is 1.12 bits per heavy atom. The lowest BCUT2D eigenvalue weighted by atomic mass is 9.96. The van der Waals surface area contributed by atoms with Gasteiger partial charge in [0, 0.05) is 31.1 Å². The fourth-order valence-electron chi connectivity index (χ4n) is 4.20. The van der Waals surface area contributed by atoms with Crippen molar-refractivity contribution in [3.8, 4) is 17.1 Å². The van der Waals surface area contributed by atoms with Crippen molar-refractivity contribution in [3.05, 3.63) is 30.2 Å². The van der Waals surface area contributed by atoms with Crippen molar-refractivity contribution in [2.24, 2.45) is 5.92 Å². The molecule has 1 amide bonds. The number of nitrogens with one attached hydrogen (secondary N) is 1. The molecule has 0 radical (unpaired) electrons. The summed E-state index contributed by atoms with van der Waals surface area (Å²) in [5, 5.41) is 7.22. The number of hydrogen-bond acceptors (Lipinski definition) is 8. The van der Waals surface area contributed by atoms with Crippen molar-refractivity contribution >= 4 is 5.91 Å². The third kappa shape index (κ3) is 6.27. The van der Waals surface area contributed by atoms with Crippen LogP contribution in [0.4, 0.5) is 0 Å².